The Balaban J connectivity index is 3.07. The molecule has 5 heteroatoms. The van der Waals surface area contributed by atoms with Gasteiger partial charge in [0, 0.05) is 6.20 Å². The van der Waals surface area contributed by atoms with Crippen molar-refractivity contribution in [3.63, 3.8) is 0 Å². The summed E-state index contributed by atoms with van der Waals surface area (Å²) in [5.41, 5.74) is 0.155. The molecule has 0 fully saturated rings. The van der Waals surface area contributed by atoms with Crippen LogP contribution in [0.15, 0.2) is 12.3 Å². The van der Waals surface area contributed by atoms with Crippen molar-refractivity contribution in [3.8, 4) is 0 Å². The van der Waals surface area contributed by atoms with Crippen molar-refractivity contribution in [2.45, 2.75) is 13.8 Å². The summed E-state index contributed by atoms with van der Waals surface area (Å²) >= 11 is 0. The summed E-state index contributed by atoms with van der Waals surface area (Å²) in [5, 5.41) is 8.59. The number of hydrogen-bond donors (Lipinski definition) is 1. The molecule has 0 saturated carbocycles. The highest BCUT2D eigenvalue weighted by Crippen LogP contribution is 2.12. The lowest BCUT2D eigenvalue weighted by Crippen LogP contribution is -2.22. The number of pyridine rings is 1. The third kappa shape index (κ3) is 2.37. The van der Waals surface area contributed by atoms with Crippen molar-refractivity contribution in [2.75, 3.05) is 0 Å². The zero-order valence-corrected chi connectivity index (χ0v) is 8.32. The van der Waals surface area contributed by atoms with Crippen LogP contribution in [0.4, 0.5) is 4.39 Å². The Bertz CT molecular complexity index is 417. The van der Waals surface area contributed by atoms with Crippen LogP contribution in [0.3, 0.4) is 0 Å². The number of aryl methyl sites for hydroxylation is 1. The van der Waals surface area contributed by atoms with E-state index < -0.39 is 29.2 Å². The first-order valence-electron chi connectivity index (χ1n) is 4.32. The molecule has 0 aromatic carbocycles. The molecule has 1 unspecified atom stereocenters. The van der Waals surface area contributed by atoms with E-state index in [2.05, 4.69) is 4.98 Å². The van der Waals surface area contributed by atoms with Gasteiger partial charge in [-0.05, 0) is 25.5 Å². The van der Waals surface area contributed by atoms with Crippen molar-refractivity contribution < 1.29 is 19.1 Å². The number of rotatable bonds is 3. The standard InChI is InChI=1S/C10H10FNO3/c1-5-3-7(11)8(12-4-5)9(13)6(2)10(14)15/h3-4,6H,1-2H3,(H,14,15). The minimum Gasteiger partial charge on any atom is -0.481 e. The van der Waals surface area contributed by atoms with Gasteiger partial charge in [-0.3, -0.25) is 9.59 Å². The van der Waals surface area contributed by atoms with E-state index in [4.69, 9.17) is 5.11 Å². The number of hydrogen-bond acceptors (Lipinski definition) is 3. The zero-order chi connectivity index (χ0) is 11.6. The van der Waals surface area contributed by atoms with Gasteiger partial charge in [-0.1, -0.05) is 0 Å². The molecule has 0 bridgehead atoms. The number of nitrogens with zero attached hydrogens (tertiary/aromatic N) is 1. The molecule has 80 valence electrons. The minimum atomic E-state index is -1.29. The van der Waals surface area contributed by atoms with Gasteiger partial charge in [0.1, 0.15) is 11.6 Å². The molecule has 0 radical (unpaired) electrons. The number of carboxylic acids is 1. The normalized spacial score (nSPS) is 12.2. The Labute approximate surface area is 85.8 Å². The fourth-order valence-corrected chi connectivity index (χ4v) is 1.03. The maximum atomic E-state index is 13.2. The Kier molecular flexibility index (Phi) is 3.14. The first-order valence-corrected chi connectivity index (χ1v) is 4.32. The highest BCUT2D eigenvalue weighted by Gasteiger charge is 2.25. The van der Waals surface area contributed by atoms with E-state index in [0.717, 1.165) is 6.07 Å². The van der Waals surface area contributed by atoms with Crippen LogP contribution in [0, 0.1) is 18.7 Å². The monoisotopic (exact) mass is 211 g/mol. The summed E-state index contributed by atoms with van der Waals surface area (Å²) in [5.74, 6) is -4.18. The van der Waals surface area contributed by atoms with Crippen molar-refractivity contribution in [3.05, 3.63) is 29.3 Å². The maximum absolute atomic E-state index is 13.2. The maximum Gasteiger partial charge on any atom is 0.314 e. The van der Waals surface area contributed by atoms with Gasteiger partial charge < -0.3 is 5.11 Å². The quantitative estimate of drug-likeness (QED) is 0.606. The molecule has 0 amide bonds. The molecular weight excluding hydrogens is 201 g/mol. The molecule has 0 aliphatic rings. The molecule has 0 aliphatic heterocycles. The third-order valence-electron chi connectivity index (χ3n) is 1.98. The van der Waals surface area contributed by atoms with Gasteiger partial charge in [0.05, 0.1) is 0 Å². The summed E-state index contributed by atoms with van der Waals surface area (Å²) in [6.45, 7) is 2.83. The molecule has 0 spiro atoms. The Hall–Kier alpha value is -1.78. The average molecular weight is 211 g/mol. The van der Waals surface area contributed by atoms with Crippen LogP contribution in [-0.4, -0.2) is 21.8 Å². The number of halogens is 1. The van der Waals surface area contributed by atoms with Crippen LogP contribution in [-0.2, 0) is 4.79 Å². The molecule has 0 saturated heterocycles. The Morgan fingerprint density at radius 3 is 2.60 bits per heavy atom. The number of Topliss-reactive ketones (excluding diaryl/α,β-unsaturated/α-hetero) is 1. The van der Waals surface area contributed by atoms with Gasteiger partial charge in [0.25, 0.3) is 0 Å². The van der Waals surface area contributed by atoms with Crippen LogP contribution in [0.5, 0.6) is 0 Å². The van der Waals surface area contributed by atoms with Gasteiger partial charge in [-0.25, -0.2) is 9.37 Å². The number of aromatic nitrogens is 1. The predicted molar refractivity (Wildman–Crippen MR) is 50.1 cm³/mol. The molecule has 1 N–H and O–H groups in total. The molecule has 4 nitrogen and oxygen atoms in total. The first-order chi connectivity index (χ1) is 6.93. The number of carboxylic acid groups (broad SMARTS) is 1. The fourth-order valence-electron chi connectivity index (χ4n) is 1.03. The number of carbonyl (C=O) groups excluding carboxylic acids is 1. The number of carbonyl (C=O) groups is 2. The van der Waals surface area contributed by atoms with E-state index >= 15 is 0 Å². The molecule has 1 aromatic heterocycles. The number of ketones is 1. The van der Waals surface area contributed by atoms with E-state index in [0.29, 0.717) is 5.56 Å². The van der Waals surface area contributed by atoms with E-state index in [1.807, 2.05) is 0 Å². The van der Waals surface area contributed by atoms with Gasteiger partial charge in [0.15, 0.2) is 11.6 Å². The van der Waals surface area contributed by atoms with Crippen LogP contribution < -0.4 is 0 Å². The van der Waals surface area contributed by atoms with Gasteiger partial charge in [0.2, 0.25) is 0 Å². The zero-order valence-electron chi connectivity index (χ0n) is 8.32. The second-order valence-corrected chi connectivity index (χ2v) is 3.27. The average Bonchev–Trinajstić information content (AvgIpc) is 2.15. The SMILES string of the molecule is Cc1cnc(C(=O)C(C)C(=O)O)c(F)c1. The van der Waals surface area contributed by atoms with Gasteiger partial charge in [-0.15, -0.1) is 0 Å². The first kappa shape index (κ1) is 11.3. The lowest BCUT2D eigenvalue weighted by atomic mass is 10.0. The highest BCUT2D eigenvalue weighted by molar-refractivity contribution is 6.06. The summed E-state index contributed by atoms with van der Waals surface area (Å²) < 4.78 is 13.2. The van der Waals surface area contributed by atoms with E-state index in [-0.39, 0.29) is 0 Å². The minimum absolute atomic E-state index is 0.421. The summed E-state index contributed by atoms with van der Waals surface area (Å²) in [4.78, 5) is 25.5. The van der Waals surface area contributed by atoms with Gasteiger partial charge >= 0.3 is 5.97 Å². The topological polar surface area (TPSA) is 67.3 Å². The highest BCUT2D eigenvalue weighted by atomic mass is 19.1. The lowest BCUT2D eigenvalue weighted by molar-refractivity contribution is -0.139. The van der Waals surface area contributed by atoms with Crippen molar-refractivity contribution in [2.24, 2.45) is 5.92 Å². The predicted octanol–water partition coefficient (Wildman–Crippen LogP) is 1.43. The summed E-state index contributed by atoms with van der Waals surface area (Å²) in [6.07, 6.45) is 1.32. The largest absolute Gasteiger partial charge is 0.481 e. The molecule has 0 aliphatic carbocycles. The lowest BCUT2D eigenvalue weighted by Gasteiger charge is -2.05. The third-order valence-corrected chi connectivity index (χ3v) is 1.98. The van der Waals surface area contributed by atoms with E-state index in [1.54, 1.807) is 6.92 Å². The fraction of sp³-hybridized carbons (Fsp3) is 0.300. The molecule has 1 aromatic rings. The molecule has 1 atom stereocenters. The molecular formula is C10H10FNO3. The van der Waals surface area contributed by atoms with Gasteiger partial charge in [-0.2, -0.15) is 0 Å². The van der Waals surface area contributed by atoms with E-state index in [1.165, 1.54) is 13.1 Å². The smallest absolute Gasteiger partial charge is 0.314 e. The summed E-state index contributed by atoms with van der Waals surface area (Å²) in [6, 6.07) is 1.15. The van der Waals surface area contributed by atoms with Crippen LogP contribution in [0.1, 0.15) is 23.0 Å². The molecule has 15 heavy (non-hydrogen) atoms. The second-order valence-electron chi connectivity index (χ2n) is 3.27. The molecule has 1 rings (SSSR count). The van der Waals surface area contributed by atoms with Crippen molar-refractivity contribution in [1.82, 2.24) is 4.98 Å². The van der Waals surface area contributed by atoms with Crippen LogP contribution in [0.25, 0.3) is 0 Å². The van der Waals surface area contributed by atoms with Crippen molar-refractivity contribution in [1.29, 1.82) is 0 Å². The number of aliphatic carboxylic acids is 1. The second kappa shape index (κ2) is 4.16. The van der Waals surface area contributed by atoms with Crippen molar-refractivity contribution >= 4 is 11.8 Å². The van der Waals surface area contributed by atoms with E-state index in [9.17, 15) is 14.0 Å². The Morgan fingerprint density at radius 2 is 2.13 bits per heavy atom. The molecule has 1 heterocycles. The van der Waals surface area contributed by atoms with Crippen LogP contribution in [0.2, 0.25) is 0 Å². The van der Waals surface area contributed by atoms with Crippen LogP contribution >= 0.6 is 0 Å². The summed E-state index contributed by atoms with van der Waals surface area (Å²) in [7, 11) is 0. The Morgan fingerprint density at radius 1 is 1.53 bits per heavy atom.